The SMILES string of the molecule is Fc1ccc(N2CCN(Cc3ccccc3)CC2)c(F)c1F. The number of hydrogen-bond donors (Lipinski definition) is 0. The summed E-state index contributed by atoms with van der Waals surface area (Å²) in [5, 5.41) is 0. The van der Waals surface area contributed by atoms with Crippen LogP contribution in [-0.4, -0.2) is 31.1 Å². The van der Waals surface area contributed by atoms with Gasteiger partial charge < -0.3 is 4.90 Å². The number of piperazine rings is 1. The average molecular weight is 306 g/mol. The molecule has 0 saturated carbocycles. The van der Waals surface area contributed by atoms with Crippen LogP contribution in [0.2, 0.25) is 0 Å². The highest BCUT2D eigenvalue weighted by Gasteiger charge is 2.22. The number of benzene rings is 2. The van der Waals surface area contributed by atoms with Crippen molar-refractivity contribution < 1.29 is 13.2 Å². The summed E-state index contributed by atoms with van der Waals surface area (Å²) >= 11 is 0. The Hall–Kier alpha value is -2.01. The van der Waals surface area contributed by atoms with Crippen molar-refractivity contribution in [2.24, 2.45) is 0 Å². The van der Waals surface area contributed by atoms with Gasteiger partial charge in [-0.15, -0.1) is 0 Å². The van der Waals surface area contributed by atoms with Gasteiger partial charge in [0.15, 0.2) is 17.5 Å². The monoisotopic (exact) mass is 306 g/mol. The van der Waals surface area contributed by atoms with Crippen molar-refractivity contribution in [1.82, 2.24) is 4.90 Å². The van der Waals surface area contributed by atoms with Gasteiger partial charge in [0.25, 0.3) is 0 Å². The fourth-order valence-corrected chi connectivity index (χ4v) is 2.75. The predicted octanol–water partition coefficient (Wildman–Crippen LogP) is 3.43. The van der Waals surface area contributed by atoms with Crippen molar-refractivity contribution in [2.45, 2.75) is 6.54 Å². The molecule has 0 atom stereocenters. The highest BCUT2D eigenvalue weighted by molar-refractivity contribution is 5.48. The van der Waals surface area contributed by atoms with Gasteiger partial charge in [-0.3, -0.25) is 4.90 Å². The zero-order valence-corrected chi connectivity index (χ0v) is 12.1. The summed E-state index contributed by atoms with van der Waals surface area (Å²) in [6.07, 6.45) is 0. The van der Waals surface area contributed by atoms with Gasteiger partial charge in [-0.05, 0) is 17.7 Å². The van der Waals surface area contributed by atoms with Crippen molar-refractivity contribution in [3.63, 3.8) is 0 Å². The molecular formula is C17H17F3N2. The lowest BCUT2D eigenvalue weighted by atomic mass is 10.2. The zero-order chi connectivity index (χ0) is 15.5. The van der Waals surface area contributed by atoms with E-state index in [-0.39, 0.29) is 5.69 Å². The Morgan fingerprint density at radius 3 is 2.14 bits per heavy atom. The fourth-order valence-electron chi connectivity index (χ4n) is 2.75. The molecule has 2 aromatic carbocycles. The van der Waals surface area contributed by atoms with Gasteiger partial charge in [-0.2, -0.15) is 0 Å². The van der Waals surface area contributed by atoms with Gasteiger partial charge >= 0.3 is 0 Å². The molecule has 0 amide bonds. The minimum Gasteiger partial charge on any atom is -0.367 e. The van der Waals surface area contributed by atoms with Gasteiger partial charge in [0.1, 0.15) is 0 Å². The number of nitrogens with zero attached hydrogens (tertiary/aromatic N) is 2. The number of halogens is 3. The molecule has 2 aromatic rings. The molecule has 5 heteroatoms. The van der Waals surface area contributed by atoms with E-state index in [1.165, 1.54) is 11.6 Å². The summed E-state index contributed by atoms with van der Waals surface area (Å²) in [6.45, 7) is 3.54. The summed E-state index contributed by atoms with van der Waals surface area (Å²) in [6, 6.07) is 12.4. The largest absolute Gasteiger partial charge is 0.367 e. The van der Waals surface area contributed by atoms with E-state index < -0.39 is 17.5 Å². The normalized spacial score (nSPS) is 16.0. The van der Waals surface area contributed by atoms with E-state index in [2.05, 4.69) is 17.0 Å². The summed E-state index contributed by atoms with van der Waals surface area (Å²) in [5.41, 5.74) is 1.37. The number of rotatable bonds is 3. The maximum absolute atomic E-state index is 13.8. The highest BCUT2D eigenvalue weighted by atomic mass is 19.2. The van der Waals surface area contributed by atoms with Crippen LogP contribution in [0.5, 0.6) is 0 Å². The molecule has 3 rings (SSSR count). The fraction of sp³-hybridized carbons (Fsp3) is 0.294. The van der Waals surface area contributed by atoms with Crippen LogP contribution in [0, 0.1) is 17.5 Å². The van der Waals surface area contributed by atoms with E-state index in [1.54, 1.807) is 4.90 Å². The molecule has 1 heterocycles. The summed E-state index contributed by atoms with van der Waals surface area (Å²) in [5.74, 6) is -3.65. The molecule has 1 aliphatic rings. The Labute approximate surface area is 127 Å². The van der Waals surface area contributed by atoms with Crippen molar-refractivity contribution in [2.75, 3.05) is 31.1 Å². The van der Waals surface area contributed by atoms with E-state index in [9.17, 15) is 13.2 Å². The Morgan fingerprint density at radius 1 is 0.773 bits per heavy atom. The predicted molar refractivity (Wildman–Crippen MR) is 80.2 cm³/mol. The van der Waals surface area contributed by atoms with Crippen molar-refractivity contribution in [3.8, 4) is 0 Å². The quantitative estimate of drug-likeness (QED) is 0.802. The van der Waals surface area contributed by atoms with E-state index in [0.717, 1.165) is 25.7 Å². The first kappa shape index (κ1) is 14.9. The topological polar surface area (TPSA) is 6.48 Å². The van der Waals surface area contributed by atoms with Gasteiger partial charge in [-0.25, -0.2) is 13.2 Å². The molecule has 22 heavy (non-hydrogen) atoms. The first-order chi connectivity index (χ1) is 10.6. The molecule has 0 N–H and O–H groups in total. The molecule has 0 spiro atoms. The molecule has 1 fully saturated rings. The van der Waals surface area contributed by atoms with Crippen LogP contribution in [0.25, 0.3) is 0 Å². The third-order valence-electron chi connectivity index (χ3n) is 3.98. The van der Waals surface area contributed by atoms with Crippen molar-refractivity contribution >= 4 is 5.69 Å². The van der Waals surface area contributed by atoms with Crippen molar-refractivity contribution in [3.05, 3.63) is 65.5 Å². The van der Waals surface area contributed by atoms with Gasteiger partial charge in [0, 0.05) is 32.7 Å². The smallest absolute Gasteiger partial charge is 0.196 e. The Morgan fingerprint density at radius 2 is 1.45 bits per heavy atom. The number of hydrogen-bond acceptors (Lipinski definition) is 2. The molecule has 1 aliphatic heterocycles. The Kier molecular flexibility index (Phi) is 4.34. The third kappa shape index (κ3) is 3.09. The minimum absolute atomic E-state index is 0.137. The average Bonchev–Trinajstić information content (AvgIpc) is 2.55. The van der Waals surface area contributed by atoms with Gasteiger partial charge in [0.2, 0.25) is 0 Å². The summed E-state index contributed by atoms with van der Waals surface area (Å²) in [7, 11) is 0. The first-order valence-corrected chi connectivity index (χ1v) is 7.30. The van der Waals surface area contributed by atoms with E-state index in [4.69, 9.17) is 0 Å². The second-order valence-corrected chi connectivity index (χ2v) is 5.44. The lowest BCUT2D eigenvalue weighted by Crippen LogP contribution is -2.46. The maximum atomic E-state index is 13.8. The molecule has 116 valence electrons. The lowest BCUT2D eigenvalue weighted by Gasteiger charge is -2.36. The first-order valence-electron chi connectivity index (χ1n) is 7.30. The summed E-state index contributed by atoms with van der Waals surface area (Å²) in [4.78, 5) is 4.03. The van der Waals surface area contributed by atoms with Gasteiger partial charge in [0.05, 0.1) is 5.69 Å². The molecule has 0 radical (unpaired) electrons. The van der Waals surface area contributed by atoms with Crippen LogP contribution in [-0.2, 0) is 6.54 Å². The van der Waals surface area contributed by atoms with Crippen LogP contribution in [0.3, 0.4) is 0 Å². The Balaban J connectivity index is 1.63. The van der Waals surface area contributed by atoms with Crippen LogP contribution in [0.1, 0.15) is 5.56 Å². The van der Waals surface area contributed by atoms with Crippen molar-refractivity contribution in [1.29, 1.82) is 0 Å². The molecule has 2 nitrogen and oxygen atoms in total. The van der Waals surface area contributed by atoms with Crippen LogP contribution < -0.4 is 4.90 Å². The van der Waals surface area contributed by atoms with E-state index >= 15 is 0 Å². The highest BCUT2D eigenvalue weighted by Crippen LogP contribution is 2.24. The standard InChI is InChI=1S/C17H17F3N2/c18-14-6-7-15(17(20)16(14)19)22-10-8-21(9-11-22)12-13-4-2-1-3-5-13/h1-7H,8-12H2. The second kappa shape index (κ2) is 6.40. The molecule has 0 bridgehead atoms. The third-order valence-corrected chi connectivity index (χ3v) is 3.98. The molecular weight excluding hydrogens is 289 g/mol. The Bertz CT molecular complexity index is 638. The molecule has 0 aliphatic carbocycles. The second-order valence-electron chi connectivity index (χ2n) is 5.44. The van der Waals surface area contributed by atoms with Gasteiger partial charge in [-0.1, -0.05) is 30.3 Å². The van der Waals surface area contributed by atoms with Crippen LogP contribution >= 0.6 is 0 Å². The number of anilines is 1. The molecule has 1 saturated heterocycles. The lowest BCUT2D eigenvalue weighted by molar-refractivity contribution is 0.249. The minimum atomic E-state index is -1.40. The summed E-state index contributed by atoms with van der Waals surface area (Å²) < 4.78 is 40.1. The van der Waals surface area contributed by atoms with Crippen LogP contribution in [0.4, 0.5) is 18.9 Å². The molecule has 0 aromatic heterocycles. The van der Waals surface area contributed by atoms with Crippen LogP contribution in [0.15, 0.2) is 42.5 Å². The maximum Gasteiger partial charge on any atom is 0.196 e. The molecule has 0 unspecified atom stereocenters. The zero-order valence-electron chi connectivity index (χ0n) is 12.1. The van der Waals surface area contributed by atoms with E-state index in [1.807, 2.05) is 18.2 Å². The van der Waals surface area contributed by atoms with E-state index in [0.29, 0.717) is 13.1 Å².